The molecule has 0 aliphatic heterocycles. The molecule has 1 N–H and O–H groups in total. The van der Waals surface area contributed by atoms with Gasteiger partial charge in [0.05, 0.1) is 5.60 Å². The van der Waals surface area contributed by atoms with E-state index in [2.05, 4.69) is 16.9 Å². The molecule has 0 aliphatic carbocycles. The van der Waals surface area contributed by atoms with Crippen LogP contribution in [0.5, 0.6) is 0 Å². The smallest absolute Gasteiger partial charge is 0.134 e. The molecule has 0 spiro atoms. The lowest BCUT2D eigenvalue weighted by Crippen LogP contribution is -2.39. The van der Waals surface area contributed by atoms with Gasteiger partial charge in [-0.2, -0.15) is 0 Å². The van der Waals surface area contributed by atoms with E-state index in [1.165, 1.54) is 0 Å². The number of aliphatic hydroxyl groups is 1. The lowest BCUT2D eigenvalue weighted by atomic mass is 10.1. The van der Waals surface area contributed by atoms with Gasteiger partial charge >= 0.3 is 0 Å². The number of likely N-dealkylation sites (N-methyl/N-ethyl adjacent to an activating group) is 1. The van der Waals surface area contributed by atoms with Gasteiger partial charge in [0, 0.05) is 25.6 Å². The van der Waals surface area contributed by atoms with Crippen LogP contribution in [0.4, 0.5) is 5.82 Å². The molecule has 18 heavy (non-hydrogen) atoms. The standard InChI is InChI=1S/C13H22ClN3O/c1-5-7-11-15-10(14)8-12(16-11)17(6-2)9-13(3,4)18/h8,18H,5-7,9H2,1-4H3. The van der Waals surface area contributed by atoms with Gasteiger partial charge in [-0.25, -0.2) is 9.97 Å². The zero-order valence-corrected chi connectivity index (χ0v) is 12.3. The summed E-state index contributed by atoms with van der Waals surface area (Å²) in [6.45, 7) is 8.96. The summed E-state index contributed by atoms with van der Waals surface area (Å²) in [6, 6.07) is 1.75. The van der Waals surface area contributed by atoms with E-state index >= 15 is 0 Å². The lowest BCUT2D eigenvalue weighted by Gasteiger charge is -2.29. The molecule has 4 nitrogen and oxygen atoms in total. The fourth-order valence-electron chi connectivity index (χ4n) is 1.77. The Hall–Kier alpha value is -0.870. The molecule has 1 heterocycles. The maximum atomic E-state index is 9.90. The Morgan fingerprint density at radius 3 is 2.50 bits per heavy atom. The summed E-state index contributed by atoms with van der Waals surface area (Å²) in [5, 5.41) is 10.4. The first-order valence-electron chi connectivity index (χ1n) is 6.36. The Morgan fingerprint density at radius 1 is 1.33 bits per heavy atom. The second kappa shape index (κ2) is 6.34. The maximum absolute atomic E-state index is 9.90. The van der Waals surface area contributed by atoms with Crippen molar-refractivity contribution >= 4 is 17.4 Å². The minimum Gasteiger partial charge on any atom is -0.389 e. The number of aromatic nitrogens is 2. The monoisotopic (exact) mass is 271 g/mol. The quantitative estimate of drug-likeness (QED) is 0.808. The van der Waals surface area contributed by atoms with Gasteiger partial charge in [-0.15, -0.1) is 0 Å². The van der Waals surface area contributed by atoms with Crippen LogP contribution in [0.15, 0.2) is 6.07 Å². The zero-order valence-electron chi connectivity index (χ0n) is 11.6. The van der Waals surface area contributed by atoms with Gasteiger partial charge in [0.15, 0.2) is 0 Å². The normalized spacial score (nSPS) is 11.7. The first-order chi connectivity index (χ1) is 8.35. The summed E-state index contributed by atoms with van der Waals surface area (Å²) in [5.41, 5.74) is -0.766. The Kier molecular flexibility index (Phi) is 5.35. The molecule has 102 valence electrons. The minimum atomic E-state index is -0.766. The van der Waals surface area contributed by atoms with Crippen LogP contribution in [0, 0.1) is 0 Å². The Balaban J connectivity index is 2.98. The van der Waals surface area contributed by atoms with Crippen LogP contribution in [0.3, 0.4) is 0 Å². The summed E-state index contributed by atoms with van der Waals surface area (Å²) in [4.78, 5) is 10.7. The summed E-state index contributed by atoms with van der Waals surface area (Å²) < 4.78 is 0. The number of anilines is 1. The van der Waals surface area contributed by atoms with Crippen molar-refractivity contribution in [3.63, 3.8) is 0 Å². The highest BCUT2D eigenvalue weighted by molar-refractivity contribution is 6.29. The van der Waals surface area contributed by atoms with Crippen LogP contribution < -0.4 is 4.90 Å². The predicted molar refractivity (Wildman–Crippen MR) is 75.2 cm³/mol. The van der Waals surface area contributed by atoms with E-state index in [9.17, 15) is 5.11 Å². The first-order valence-corrected chi connectivity index (χ1v) is 6.74. The SMILES string of the molecule is CCCc1nc(Cl)cc(N(CC)CC(C)(C)O)n1. The highest BCUT2D eigenvalue weighted by Gasteiger charge is 2.19. The topological polar surface area (TPSA) is 49.2 Å². The molecule has 0 saturated heterocycles. The number of hydrogen-bond donors (Lipinski definition) is 1. The number of aryl methyl sites for hydroxylation is 1. The summed E-state index contributed by atoms with van der Waals surface area (Å²) in [6.07, 6.45) is 1.80. The Morgan fingerprint density at radius 2 is 2.00 bits per heavy atom. The molecule has 1 aromatic heterocycles. The highest BCUT2D eigenvalue weighted by Crippen LogP contribution is 2.19. The zero-order chi connectivity index (χ0) is 13.8. The molecule has 0 amide bonds. The van der Waals surface area contributed by atoms with E-state index in [4.69, 9.17) is 11.6 Å². The number of halogens is 1. The van der Waals surface area contributed by atoms with Crippen molar-refractivity contribution in [2.75, 3.05) is 18.0 Å². The largest absolute Gasteiger partial charge is 0.389 e. The molecule has 0 bridgehead atoms. The molecular weight excluding hydrogens is 250 g/mol. The molecule has 5 heteroatoms. The van der Waals surface area contributed by atoms with Gasteiger partial charge in [0.25, 0.3) is 0 Å². The van der Waals surface area contributed by atoms with E-state index in [1.807, 2.05) is 11.8 Å². The van der Waals surface area contributed by atoms with Crippen molar-refractivity contribution in [2.24, 2.45) is 0 Å². The van der Waals surface area contributed by atoms with Crippen molar-refractivity contribution in [3.8, 4) is 0 Å². The van der Waals surface area contributed by atoms with Crippen LogP contribution in [0.25, 0.3) is 0 Å². The first kappa shape index (κ1) is 15.2. The average Bonchev–Trinajstić information content (AvgIpc) is 2.24. The Labute approximate surface area is 114 Å². The maximum Gasteiger partial charge on any atom is 0.134 e. The minimum absolute atomic E-state index is 0.456. The number of nitrogens with zero attached hydrogens (tertiary/aromatic N) is 3. The van der Waals surface area contributed by atoms with Crippen LogP contribution in [-0.2, 0) is 6.42 Å². The average molecular weight is 272 g/mol. The fourth-order valence-corrected chi connectivity index (χ4v) is 1.97. The van der Waals surface area contributed by atoms with Crippen molar-refractivity contribution in [3.05, 3.63) is 17.0 Å². The second-order valence-corrected chi connectivity index (χ2v) is 5.43. The molecule has 0 aliphatic rings. The van der Waals surface area contributed by atoms with E-state index in [0.717, 1.165) is 31.0 Å². The molecule has 0 radical (unpaired) electrons. The summed E-state index contributed by atoms with van der Waals surface area (Å²) in [7, 11) is 0. The van der Waals surface area contributed by atoms with Crippen molar-refractivity contribution in [1.29, 1.82) is 0 Å². The summed E-state index contributed by atoms with van der Waals surface area (Å²) in [5.74, 6) is 1.54. The third kappa shape index (κ3) is 4.78. The van der Waals surface area contributed by atoms with Gasteiger partial charge in [0.1, 0.15) is 16.8 Å². The molecule has 0 atom stereocenters. The van der Waals surface area contributed by atoms with Crippen LogP contribution >= 0.6 is 11.6 Å². The molecule has 0 aromatic carbocycles. The molecular formula is C13H22ClN3O. The van der Waals surface area contributed by atoms with Crippen LogP contribution in [-0.4, -0.2) is 33.8 Å². The van der Waals surface area contributed by atoms with Crippen LogP contribution in [0.1, 0.15) is 39.9 Å². The molecule has 0 fully saturated rings. The second-order valence-electron chi connectivity index (χ2n) is 5.04. The van der Waals surface area contributed by atoms with Crippen molar-refractivity contribution in [1.82, 2.24) is 9.97 Å². The van der Waals surface area contributed by atoms with Crippen molar-refractivity contribution < 1.29 is 5.11 Å². The van der Waals surface area contributed by atoms with Gasteiger partial charge in [0.2, 0.25) is 0 Å². The predicted octanol–water partition coefficient (Wildman–Crippen LogP) is 2.68. The van der Waals surface area contributed by atoms with Gasteiger partial charge in [-0.05, 0) is 27.2 Å². The van der Waals surface area contributed by atoms with Crippen molar-refractivity contribution in [2.45, 2.75) is 46.1 Å². The van der Waals surface area contributed by atoms with E-state index in [1.54, 1.807) is 19.9 Å². The molecule has 0 saturated carbocycles. The molecule has 1 rings (SSSR count). The Bertz CT molecular complexity index is 390. The van der Waals surface area contributed by atoms with E-state index in [0.29, 0.717) is 11.7 Å². The number of rotatable bonds is 6. The highest BCUT2D eigenvalue weighted by atomic mass is 35.5. The third-order valence-electron chi connectivity index (χ3n) is 2.48. The van der Waals surface area contributed by atoms with E-state index in [-0.39, 0.29) is 0 Å². The van der Waals surface area contributed by atoms with Crippen LogP contribution in [0.2, 0.25) is 5.15 Å². The van der Waals surface area contributed by atoms with E-state index < -0.39 is 5.60 Å². The lowest BCUT2D eigenvalue weighted by molar-refractivity contribution is 0.0874. The molecule has 0 unspecified atom stereocenters. The number of hydrogen-bond acceptors (Lipinski definition) is 4. The van der Waals surface area contributed by atoms with Gasteiger partial charge in [-0.1, -0.05) is 18.5 Å². The third-order valence-corrected chi connectivity index (χ3v) is 2.68. The molecule has 1 aromatic rings. The van der Waals surface area contributed by atoms with Gasteiger partial charge in [-0.3, -0.25) is 0 Å². The van der Waals surface area contributed by atoms with Gasteiger partial charge < -0.3 is 10.0 Å². The fraction of sp³-hybridized carbons (Fsp3) is 0.692. The summed E-state index contributed by atoms with van der Waals surface area (Å²) >= 11 is 6.02.